The first-order chi connectivity index (χ1) is 41.8. The molecule has 84 heavy (non-hydrogen) atoms. The highest BCUT2D eigenvalue weighted by Crippen LogP contribution is 2.49. The molecule has 0 bridgehead atoms. The van der Waals surface area contributed by atoms with E-state index in [1.165, 1.54) is 66.8 Å². The van der Waals surface area contributed by atoms with Gasteiger partial charge in [0.05, 0.1) is 92.5 Å². The minimum absolute atomic E-state index is 0.260. The maximum absolute atomic E-state index is 6.46. The fourth-order valence-corrected chi connectivity index (χ4v) is 10.0. The summed E-state index contributed by atoms with van der Waals surface area (Å²) < 4.78 is 64.3. The van der Waals surface area contributed by atoms with Gasteiger partial charge in [0.1, 0.15) is 52.9 Å². The summed E-state index contributed by atoms with van der Waals surface area (Å²) in [4.78, 5) is 0. The third-order valence-electron chi connectivity index (χ3n) is 14.0. The molecular weight excluding hydrogens is 1050 g/mol. The third-order valence-corrected chi connectivity index (χ3v) is 14.0. The zero-order valence-electron chi connectivity index (χ0n) is 47.7. The lowest BCUT2D eigenvalue weighted by atomic mass is 9.79. The van der Waals surface area contributed by atoms with Crippen molar-refractivity contribution in [3.05, 3.63) is 199 Å². The minimum Gasteiger partial charge on any atom is -0.372 e. The molecule has 4 aliphatic heterocycles. The average molecular weight is 1120 g/mol. The van der Waals surface area contributed by atoms with E-state index in [1.807, 2.05) is 72.8 Å². The van der Waals surface area contributed by atoms with Crippen LogP contribution in [0.4, 0.5) is 0 Å². The van der Waals surface area contributed by atoms with Crippen LogP contribution in [0.1, 0.15) is 97.2 Å². The molecule has 6 aromatic rings. The van der Waals surface area contributed by atoms with Crippen molar-refractivity contribution in [2.75, 3.05) is 52.9 Å². The maximum Gasteiger partial charge on any atom is 0.110 e. The normalized spacial score (nSPS) is 12.8. The number of hydrogen-bond acceptors (Lipinski definition) is 11. The van der Waals surface area contributed by atoms with Crippen LogP contribution in [0.25, 0.3) is 11.1 Å². The molecule has 10 rings (SSSR count). The molecule has 0 spiro atoms. The van der Waals surface area contributed by atoms with Gasteiger partial charge in [-0.05, 0) is 107 Å². The highest BCUT2D eigenvalue weighted by Gasteiger charge is 2.36. The monoisotopic (exact) mass is 1120 g/mol. The number of unbranched alkanes of at least 4 members (excludes halogenated alkanes) is 2. The highest BCUT2D eigenvalue weighted by molar-refractivity contribution is 5.83. The molecule has 6 aromatic carbocycles. The van der Waals surface area contributed by atoms with Gasteiger partial charge in [-0.25, -0.2) is 0 Å². The molecule has 0 fully saturated rings. The van der Waals surface area contributed by atoms with Crippen LogP contribution >= 0.6 is 0 Å². The second kappa shape index (κ2) is 35.4. The second-order valence-electron chi connectivity index (χ2n) is 19.8. The molecular formula is C73H70O11. The van der Waals surface area contributed by atoms with Crippen LogP contribution in [-0.4, -0.2) is 52.9 Å². The van der Waals surface area contributed by atoms with Crippen LogP contribution in [0.15, 0.2) is 121 Å². The van der Waals surface area contributed by atoms with Gasteiger partial charge in [0.25, 0.3) is 0 Å². The van der Waals surface area contributed by atoms with E-state index in [2.05, 4.69) is 120 Å². The van der Waals surface area contributed by atoms with Gasteiger partial charge in [-0.2, -0.15) is 0 Å². The number of ether oxygens (including phenoxy) is 11. The molecule has 0 unspecified atom stereocenters. The maximum atomic E-state index is 6.46. The SMILES string of the molecule is C(C#CCOCC#CCOCC#CCOCc1ccccc1)#CCOCC#CCCCC#CCOCc1ccccc1.c1ccc(COCc2c3c(c4c(c2-c2c(COCc5ccccc5)c5c(c6c2COC6)COC5)COC4)COC3)cc1. The van der Waals surface area contributed by atoms with Crippen molar-refractivity contribution < 1.29 is 52.1 Å². The summed E-state index contributed by atoms with van der Waals surface area (Å²) in [5.74, 6) is 34.8. The van der Waals surface area contributed by atoms with Crippen LogP contribution in [-0.2, 0) is 145 Å². The minimum atomic E-state index is 0.260. The van der Waals surface area contributed by atoms with Crippen molar-refractivity contribution in [1.82, 2.24) is 0 Å². The van der Waals surface area contributed by atoms with Gasteiger partial charge < -0.3 is 52.1 Å². The van der Waals surface area contributed by atoms with Crippen molar-refractivity contribution in [3.63, 3.8) is 0 Å². The smallest absolute Gasteiger partial charge is 0.110 e. The third kappa shape index (κ3) is 18.9. The van der Waals surface area contributed by atoms with E-state index in [-0.39, 0.29) is 19.8 Å². The van der Waals surface area contributed by atoms with E-state index in [9.17, 15) is 0 Å². The fraction of sp³-hybridized carbons (Fsp3) is 0.342. The molecule has 0 saturated carbocycles. The predicted molar refractivity (Wildman–Crippen MR) is 321 cm³/mol. The lowest BCUT2D eigenvalue weighted by molar-refractivity contribution is 0.102. The van der Waals surface area contributed by atoms with Crippen LogP contribution in [0.5, 0.6) is 0 Å². The Labute approximate surface area is 495 Å². The Bertz CT molecular complexity index is 3220. The number of rotatable bonds is 23. The summed E-state index contributed by atoms with van der Waals surface area (Å²) in [7, 11) is 0. The molecule has 11 nitrogen and oxygen atoms in total. The van der Waals surface area contributed by atoms with Gasteiger partial charge in [0.2, 0.25) is 0 Å². The van der Waals surface area contributed by atoms with Crippen molar-refractivity contribution in [3.8, 4) is 82.2 Å². The van der Waals surface area contributed by atoms with Crippen molar-refractivity contribution >= 4 is 0 Å². The topological polar surface area (TPSA) is 102 Å². The van der Waals surface area contributed by atoms with Crippen molar-refractivity contribution in [2.24, 2.45) is 0 Å². The molecule has 428 valence electrons. The van der Waals surface area contributed by atoms with E-state index in [1.54, 1.807) is 0 Å². The van der Waals surface area contributed by atoms with Gasteiger partial charge >= 0.3 is 0 Å². The van der Waals surface area contributed by atoms with Crippen LogP contribution < -0.4 is 0 Å². The summed E-state index contributed by atoms with van der Waals surface area (Å²) in [6.07, 6.45) is 2.52. The number of benzene rings is 6. The fourth-order valence-electron chi connectivity index (χ4n) is 10.0. The lowest BCUT2D eigenvalue weighted by Crippen LogP contribution is -2.12. The van der Waals surface area contributed by atoms with Gasteiger partial charge in [-0.1, -0.05) is 169 Å². The lowest BCUT2D eigenvalue weighted by Gasteiger charge is -2.25. The molecule has 0 amide bonds. The quantitative estimate of drug-likeness (QED) is 0.0453. The van der Waals surface area contributed by atoms with Crippen LogP contribution in [0, 0.1) is 71.0 Å². The molecule has 11 heteroatoms. The Balaban J connectivity index is 0.000000202. The summed E-state index contributed by atoms with van der Waals surface area (Å²) in [6.45, 7) is 10.7. The van der Waals surface area contributed by atoms with E-state index < -0.39 is 0 Å². The van der Waals surface area contributed by atoms with E-state index in [4.69, 9.17) is 52.1 Å². The standard InChI is InChI=1S/C37H36O5.C36H34O6/c1(3-5-17-32-41-34-36-22-10-8-11-23-36)2-4-14-26-38-27-15-6-7-16-28-39-29-18-19-30-40-31-20-21-33-42-35-37-24-12-9-13-25-37;1-3-7-23(8-4-1)11-37-19-31-27-15-39-13-25(27)29-17-41-21-33(29)35(31)36-32(20-38-12-24-9-5-2-6-10-24)28-16-40-14-26(28)30-18-42-22-34(30)36/h8-13,22-25H,1-3,26-35H2;1-10H,11-22H2. The summed E-state index contributed by atoms with van der Waals surface area (Å²) in [5, 5.41) is 0. The van der Waals surface area contributed by atoms with E-state index >= 15 is 0 Å². The zero-order valence-corrected chi connectivity index (χ0v) is 47.7. The van der Waals surface area contributed by atoms with Gasteiger partial charge in [-0.15, -0.1) is 11.8 Å². The molecule has 0 aliphatic carbocycles. The second-order valence-corrected chi connectivity index (χ2v) is 19.8. The van der Waals surface area contributed by atoms with Gasteiger partial charge in [-0.3, -0.25) is 0 Å². The first-order valence-corrected chi connectivity index (χ1v) is 28.5. The number of hydrogen-bond donors (Lipinski definition) is 0. The molecule has 0 N–H and O–H groups in total. The molecule has 0 radical (unpaired) electrons. The van der Waals surface area contributed by atoms with Crippen LogP contribution in [0.2, 0.25) is 0 Å². The first kappa shape index (κ1) is 60.8. The zero-order chi connectivity index (χ0) is 57.3. The Kier molecular flexibility index (Phi) is 25.6. The Morgan fingerprint density at radius 3 is 0.893 bits per heavy atom. The molecule has 0 atom stereocenters. The van der Waals surface area contributed by atoms with E-state index in [0.29, 0.717) is 126 Å². The van der Waals surface area contributed by atoms with Gasteiger partial charge in [0.15, 0.2) is 0 Å². The molecule has 0 saturated heterocycles. The Morgan fingerprint density at radius 1 is 0.262 bits per heavy atom. The predicted octanol–water partition coefficient (Wildman–Crippen LogP) is 11.6. The Morgan fingerprint density at radius 2 is 0.536 bits per heavy atom. The summed E-state index contributed by atoms with van der Waals surface area (Å²) in [6, 6.07) is 40.8. The summed E-state index contributed by atoms with van der Waals surface area (Å²) >= 11 is 0. The highest BCUT2D eigenvalue weighted by atomic mass is 16.5. The largest absolute Gasteiger partial charge is 0.372 e. The first-order valence-electron chi connectivity index (χ1n) is 28.5. The molecule has 4 aliphatic rings. The Hall–Kier alpha value is -7.76. The van der Waals surface area contributed by atoms with Crippen LogP contribution in [0.3, 0.4) is 0 Å². The van der Waals surface area contributed by atoms with E-state index in [0.717, 1.165) is 41.5 Å². The van der Waals surface area contributed by atoms with Crippen molar-refractivity contribution in [1.29, 1.82) is 0 Å². The van der Waals surface area contributed by atoms with Gasteiger partial charge in [0, 0.05) is 12.8 Å². The molecule has 0 aromatic heterocycles. The average Bonchev–Trinajstić information content (AvgIpc) is 3.49. The van der Waals surface area contributed by atoms with Crippen molar-refractivity contribution in [2.45, 2.75) is 112 Å². The number of fused-ring (bicyclic) bond motifs is 6. The molecule has 4 heterocycles. The summed E-state index contributed by atoms with van der Waals surface area (Å²) in [5.41, 5.74) is 19.6.